The lowest BCUT2D eigenvalue weighted by Gasteiger charge is -2.18. The van der Waals surface area contributed by atoms with Crippen molar-refractivity contribution in [1.82, 2.24) is 0 Å². The Morgan fingerprint density at radius 3 is 1.08 bits per heavy atom. The summed E-state index contributed by atoms with van der Waals surface area (Å²) < 4.78 is 16.7. The molecule has 0 radical (unpaired) electrons. The van der Waals surface area contributed by atoms with Crippen LogP contribution < -0.4 is 0 Å². The van der Waals surface area contributed by atoms with E-state index in [1.54, 1.807) is 0 Å². The summed E-state index contributed by atoms with van der Waals surface area (Å²) in [5.74, 6) is -0.948. The van der Waals surface area contributed by atoms with Crippen molar-refractivity contribution in [3.05, 3.63) is 72.9 Å². The lowest BCUT2D eigenvalue weighted by Crippen LogP contribution is -2.30. The van der Waals surface area contributed by atoms with Crippen LogP contribution in [0.5, 0.6) is 0 Å². The highest BCUT2D eigenvalue weighted by Gasteiger charge is 2.19. The Morgan fingerprint density at radius 1 is 0.350 bits per heavy atom. The van der Waals surface area contributed by atoms with Crippen molar-refractivity contribution in [2.75, 3.05) is 13.2 Å². The molecule has 0 saturated carbocycles. The average Bonchev–Trinajstić information content (AvgIpc) is 3.24. The summed E-state index contributed by atoms with van der Waals surface area (Å²) in [7, 11) is 0. The van der Waals surface area contributed by atoms with E-state index in [0.29, 0.717) is 19.3 Å². The first-order valence-electron chi connectivity index (χ1n) is 25.0. The van der Waals surface area contributed by atoms with Crippen LogP contribution in [-0.4, -0.2) is 37.2 Å². The molecule has 0 aliphatic rings. The van der Waals surface area contributed by atoms with Crippen LogP contribution in [0.3, 0.4) is 0 Å². The van der Waals surface area contributed by atoms with Gasteiger partial charge in [-0.3, -0.25) is 14.4 Å². The van der Waals surface area contributed by atoms with E-state index in [4.69, 9.17) is 14.2 Å². The number of ether oxygens (including phenoxy) is 3. The van der Waals surface area contributed by atoms with E-state index in [-0.39, 0.29) is 37.5 Å². The monoisotopic (exact) mass is 837 g/mol. The van der Waals surface area contributed by atoms with Gasteiger partial charge in [0.1, 0.15) is 13.2 Å². The minimum atomic E-state index is -0.797. The van der Waals surface area contributed by atoms with Crippen LogP contribution in [0.2, 0.25) is 0 Å². The Hall–Kier alpha value is -3.15. The molecule has 1 unspecified atom stereocenters. The van der Waals surface area contributed by atoms with Crippen LogP contribution >= 0.6 is 0 Å². The van der Waals surface area contributed by atoms with E-state index >= 15 is 0 Å². The average molecular weight is 837 g/mol. The summed E-state index contributed by atoms with van der Waals surface area (Å²) in [5.41, 5.74) is 0. The second-order valence-electron chi connectivity index (χ2n) is 16.5. The lowest BCUT2D eigenvalue weighted by atomic mass is 10.1. The molecule has 0 aliphatic carbocycles. The topological polar surface area (TPSA) is 78.9 Å². The van der Waals surface area contributed by atoms with Crippen molar-refractivity contribution in [3.8, 4) is 0 Å². The van der Waals surface area contributed by atoms with E-state index in [2.05, 4.69) is 45.1 Å². The van der Waals surface area contributed by atoms with Crippen LogP contribution in [0, 0.1) is 0 Å². The highest BCUT2D eigenvalue weighted by molar-refractivity contribution is 5.71. The van der Waals surface area contributed by atoms with E-state index < -0.39 is 6.10 Å². The molecule has 0 aromatic carbocycles. The minimum absolute atomic E-state index is 0.0946. The molecule has 0 spiro atoms. The largest absolute Gasteiger partial charge is 0.462 e. The number of allylic oxidation sites excluding steroid dienone is 12. The molecule has 0 amide bonds. The van der Waals surface area contributed by atoms with Gasteiger partial charge in [0.2, 0.25) is 0 Å². The molecule has 0 saturated heterocycles. The van der Waals surface area contributed by atoms with E-state index in [1.165, 1.54) is 116 Å². The van der Waals surface area contributed by atoms with Crippen molar-refractivity contribution in [1.29, 1.82) is 0 Å². The van der Waals surface area contributed by atoms with Gasteiger partial charge in [0.25, 0.3) is 0 Å². The fraction of sp³-hybridized carbons (Fsp3) is 0.722. The van der Waals surface area contributed by atoms with Crippen LogP contribution in [-0.2, 0) is 28.6 Å². The molecule has 1 atom stereocenters. The Labute approximate surface area is 370 Å². The number of rotatable bonds is 44. The lowest BCUT2D eigenvalue weighted by molar-refractivity contribution is -0.167. The second kappa shape index (κ2) is 48.5. The Bertz CT molecular complexity index is 1140. The molecule has 0 bridgehead atoms. The molecule has 6 nitrogen and oxygen atoms in total. The van der Waals surface area contributed by atoms with Gasteiger partial charge in [-0.25, -0.2) is 0 Å². The highest BCUT2D eigenvalue weighted by Crippen LogP contribution is 2.14. The fourth-order valence-corrected chi connectivity index (χ4v) is 6.81. The normalized spacial score (nSPS) is 12.7. The smallest absolute Gasteiger partial charge is 0.306 e. The van der Waals surface area contributed by atoms with E-state index in [1.807, 2.05) is 48.6 Å². The van der Waals surface area contributed by atoms with Gasteiger partial charge < -0.3 is 14.2 Å². The van der Waals surface area contributed by atoms with Crippen LogP contribution in [0.1, 0.15) is 233 Å². The third kappa shape index (κ3) is 45.9. The Kier molecular flexibility index (Phi) is 46.0. The van der Waals surface area contributed by atoms with Crippen molar-refractivity contribution in [2.45, 2.75) is 239 Å². The first-order chi connectivity index (χ1) is 29.5. The summed E-state index contributed by atoms with van der Waals surface area (Å²) >= 11 is 0. The second-order valence-corrected chi connectivity index (χ2v) is 16.5. The van der Waals surface area contributed by atoms with Gasteiger partial charge in [-0.2, -0.15) is 0 Å². The van der Waals surface area contributed by atoms with E-state index in [0.717, 1.165) is 70.6 Å². The van der Waals surface area contributed by atoms with Crippen LogP contribution in [0.25, 0.3) is 0 Å². The molecule has 60 heavy (non-hydrogen) atoms. The predicted octanol–water partition coefficient (Wildman–Crippen LogP) is 16.3. The Balaban J connectivity index is 4.40. The summed E-state index contributed by atoms with van der Waals surface area (Å²) in [4.78, 5) is 37.8. The maximum absolute atomic E-state index is 12.7. The molecule has 0 aromatic heterocycles. The maximum atomic E-state index is 12.7. The molecule has 6 heteroatoms. The number of carbonyl (C=O) groups excluding carboxylic acids is 3. The molecule has 0 N–H and O–H groups in total. The number of hydrogen-bond acceptors (Lipinski definition) is 6. The molecule has 0 rings (SSSR count). The van der Waals surface area contributed by atoms with Gasteiger partial charge in [0, 0.05) is 19.3 Å². The van der Waals surface area contributed by atoms with Gasteiger partial charge in [-0.05, 0) is 64.2 Å². The maximum Gasteiger partial charge on any atom is 0.306 e. The number of carbonyl (C=O) groups is 3. The third-order valence-electron chi connectivity index (χ3n) is 10.6. The Morgan fingerprint density at radius 2 is 0.667 bits per heavy atom. The summed E-state index contributed by atoms with van der Waals surface area (Å²) in [6, 6.07) is 0. The third-order valence-corrected chi connectivity index (χ3v) is 10.6. The summed E-state index contributed by atoms with van der Waals surface area (Å²) in [5, 5.41) is 0. The van der Waals surface area contributed by atoms with Gasteiger partial charge in [-0.15, -0.1) is 0 Å². The number of esters is 3. The SMILES string of the molecule is CC\C=C/C=C\C=C/C=C\C=C/CCCCCC(=O)OC(COC(=O)CCCCCCC/C=C\CCCCCCCCCCC)COC(=O)CCCCCCCCCCC. The molecule has 0 fully saturated rings. The van der Waals surface area contributed by atoms with Crippen molar-refractivity contribution in [2.24, 2.45) is 0 Å². The molecule has 0 aliphatic heterocycles. The summed E-state index contributed by atoms with van der Waals surface area (Å²) in [6.07, 6.45) is 60.3. The molecule has 344 valence electrons. The van der Waals surface area contributed by atoms with Crippen molar-refractivity contribution < 1.29 is 28.6 Å². The van der Waals surface area contributed by atoms with Crippen molar-refractivity contribution >= 4 is 17.9 Å². The van der Waals surface area contributed by atoms with Gasteiger partial charge in [0.15, 0.2) is 6.10 Å². The molecular weight excluding hydrogens is 745 g/mol. The van der Waals surface area contributed by atoms with Gasteiger partial charge in [0.05, 0.1) is 0 Å². The van der Waals surface area contributed by atoms with E-state index in [9.17, 15) is 14.4 Å². The van der Waals surface area contributed by atoms with Gasteiger partial charge >= 0.3 is 17.9 Å². The zero-order valence-corrected chi connectivity index (χ0v) is 39.2. The first-order valence-corrected chi connectivity index (χ1v) is 25.0. The predicted molar refractivity (Wildman–Crippen MR) is 256 cm³/mol. The van der Waals surface area contributed by atoms with Crippen LogP contribution in [0.15, 0.2) is 72.9 Å². The fourth-order valence-electron chi connectivity index (χ4n) is 6.81. The summed E-state index contributed by atoms with van der Waals surface area (Å²) in [6.45, 7) is 6.43. The molecular formula is C54H92O6. The highest BCUT2D eigenvalue weighted by atomic mass is 16.6. The zero-order chi connectivity index (χ0) is 43.7. The molecule has 0 heterocycles. The zero-order valence-electron chi connectivity index (χ0n) is 39.2. The minimum Gasteiger partial charge on any atom is -0.462 e. The first kappa shape index (κ1) is 56.9. The number of unbranched alkanes of at least 4 members (excludes halogenated alkanes) is 25. The van der Waals surface area contributed by atoms with Crippen molar-refractivity contribution in [3.63, 3.8) is 0 Å². The standard InChI is InChI=1S/C54H92O6/c1-4-7-10-13-16-19-21-23-25-26-27-29-30-32-35-38-41-44-47-53(56)59-50-51(49-58-52(55)46-43-40-37-34-18-15-12-9-6-3)60-54(57)48-45-42-39-36-33-31-28-24-22-20-17-14-11-8-5-2/h8,11,14,17,20,22,24,27-29,31,33,51H,4-7,9-10,12-13,15-16,18-19,21,23,25-26,30,32,34-50H2,1-3H3/b11-8-,17-14-,22-20-,28-24-,29-27-,33-31-. The van der Waals surface area contributed by atoms with Crippen LogP contribution in [0.4, 0.5) is 0 Å². The quantitative estimate of drug-likeness (QED) is 0.0200. The number of hydrogen-bond donors (Lipinski definition) is 0. The van der Waals surface area contributed by atoms with Gasteiger partial charge in [-0.1, -0.05) is 222 Å². The molecule has 0 aromatic rings.